The Hall–Kier alpha value is -2.47. The summed E-state index contributed by atoms with van der Waals surface area (Å²) in [6.07, 6.45) is 5.60. The van der Waals surface area contributed by atoms with E-state index >= 15 is 0 Å². The number of fused-ring (bicyclic) bond motifs is 1. The van der Waals surface area contributed by atoms with E-state index in [9.17, 15) is 4.79 Å². The van der Waals surface area contributed by atoms with Gasteiger partial charge < -0.3 is 10.2 Å². The number of amides is 1. The first-order valence-electron chi connectivity index (χ1n) is 11.7. The molecule has 1 aromatic heterocycles. The number of aromatic nitrogens is 2. The quantitative estimate of drug-likeness (QED) is 0.461. The van der Waals surface area contributed by atoms with E-state index in [0.717, 1.165) is 45.0 Å². The molecule has 1 heterocycles. The Morgan fingerprint density at radius 1 is 1.03 bits per heavy atom. The highest BCUT2D eigenvalue weighted by Gasteiger charge is 2.18. The third kappa shape index (κ3) is 7.53. The summed E-state index contributed by atoms with van der Waals surface area (Å²) >= 11 is 3.48. The summed E-state index contributed by atoms with van der Waals surface area (Å²) in [6, 6.07) is 16.0. The van der Waals surface area contributed by atoms with Gasteiger partial charge in [-0.25, -0.2) is 9.97 Å². The molecular weight excluding hydrogens is 476 g/mol. The molecule has 2 aromatic carbocycles. The number of rotatable bonds is 5. The van der Waals surface area contributed by atoms with Crippen molar-refractivity contribution in [1.82, 2.24) is 15.3 Å². The fraction of sp³-hybridized carbons (Fsp3) is 0.444. The molecule has 1 aliphatic rings. The number of carbonyl (C=O) groups is 1. The molecule has 1 amide bonds. The van der Waals surface area contributed by atoms with Gasteiger partial charge in [0.05, 0.1) is 11.9 Å². The van der Waals surface area contributed by atoms with E-state index in [2.05, 4.69) is 38.1 Å². The zero-order valence-electron chi connectivity index (χ0n) is 20.1. The zero-order chi connectivity index (χ0) is 23.8. The van der Waals surface area contributed by atoms with E-state index < -0.39 is 0 Å². The van der Waals surface area contributed by atoms with Crippen LogP contribution in [0.3, 0.4) is 0 Å². The average Bonchev–Trinajstić information content (AvgIpc) is 2.80. The minimum absolute atomic E-state index is 0.130. The van der Waals surface area contributed by atoms with Gasteiger partial charge in [-0.15, -0.1) is 0 Å². The Morgan fingerprint density at radius 3 is 2.39 bits per heavy atom. The number of carbonyl (C=O) groups excluding carboxylic acids is 1. The average molecular weight is 512 g/mol. The molecular formula is C27H35BrN4O. The van der Waals surface area contributed by atoms with Gasteiger partial charge in [-0.1, -0.05) is 66.0 Å². The maximum absolute atomic E-state index is 11.9. The molecule has 6 heteroatoms. The van der Waals surface area contributed by atoms with Gasteiger partial charge in [0.25, 0.3) is 0 Å². The van der Waals surface area contributed by atoms with Gasteiger partial charge in [-0.3, -0.25) is 4.79 Å². The molecule has 0 atom stereocenters. The van der Waals surface area contributed by atoms with Crippen molar-refractivity contribution >= 4 is 38.6 Å². The molecule has 176 valence electrons. The molecule has 0 aliphatic heterocycles. The minimum atomic E-state index is 0.130. The van der Waals surface area contributed by atoms with Gasteiger partial charge in [0.15, 0.2) is 0 Å². The van der Waals surface area contributed by atoms with Gasteiger partial charge >= 0.3 is 0 Å². The Labute approximate surface area is 206 Å². The maximum Gasteiger partial charge on any atom is 0.224 e. The third-order valence-corrected chi connectivity index (χ3v) is 6.92. The molecule has 33 heavy (non-hydrogen) atoms. The SMILES string of the molecule is CC1CCC(CNC(=O)Cc2ccccc2Br)CC1.Cc1nc(N(C)C)c2ccccc2n1. The zero-order valence-corrected chi connectivity index (χ0v) is 21.7. The summed E-state index contributed by atoms with van der Waals surface area (Å²) in [4.78, 5) is 22.7. The van der Waals surface area contributed by atoms with Crippen LogP contribution in [0.5, 0.6) is 0 Å². The molecule has 0 radical (unpaired) electrons. The lowest BCUT2D eigenvalue weighted by molar-refractivity contribution is -0.120. The topological polar surface area (TPSA) is 58.1 Å². The number of benzene rings is 2. The summed E-state index contributed by atoms with van der Waals surface area (Å²) in [5.41, 5.74) is 2.06. The van der Waals surface area contributed by atoms with Gasteiger partial charge in [0, 0.05) is 30.5 Å². The van der Waals surface area contributed by atoms with Crippen LogP contribution in [0, 0.1) is 18.8 Å². The monoisotopic (exact) mass is 510 g/mol. The van der Waals surface area contributed by atoms with Crippen LogP contribution in [0.1, 0.15) is 44.0 Å². The maximum atomic E-state index is 11.9. The van der Waals surface area contributed by atoms with E-state index in [4.69, 9.17) is 0 Å². The highest BCUT2D eigenvalue weighted by Crippen LogP contribution is 2.27. The molecule has 3 aromatic rings. The number of anilines is 1. The van der Waals surface area contributed by atoms with Crippen molar-refractivity contribution < 1.29 is 4.79 Å². The molecule has 0 spiro atoms. The second kappa shape index (κ2) is 12.1. The van der Waals surface area contributed by atoms with Crippen LogP contribution in [0.25, 0.3) is 10.9 Å². The predicted octanol–water partition coefficient (Wildman–Crippen LogP) is 5.94. The standard InChI is InChI=1S/C16H22BrNO.C11H13N3/c1-12-6-8-13(9-7-12)11-18-16(19)10-14-4-2-3-5-15(14)17;1-8-12-10-7-5-4-6-9(10)11(13-8)14(2)3/h2-5,12-13H,6-11H2,1H3,(H,18,19);4-7H,1-3H3. The van der Waals surface area contributed by atoms with E-state index in [1.165, 1.54) is 25.7 Å². The van der Waals surface area contributed by atoms with Gasteiger partial charge in [-0.2, -0.15) is 0 Å². The van der Waals surface area contributed by atoms with Crippen LogP contribution in [-0.4, -0.2) is 36.5 Å². The van der Waals surface area contributed by atoms with Crippen LogP contribution >= 0.6 is 15.9 Å². The van der Waals surface area contributed by atoms with Crippen molar-refractivity contribution in [2.75, 3.05) is 25.5 Å². The van der Waals surface area contributed by atoms with E-state index in [1.807, 2.05) is 74.4 Å². The van der Waals surface area contributed by atoms with Crippen molar-refractivity contribution in [2.45, 2.75) is 46.0 Å². The number of halogens is 1. The number of hydrogen-bond acceptors (Lipinski definition) is 4. The Morgan fingerprint density at radius 2 is 1.70 bits per heavy atom. The van der Waals surface area contributed by atoms with Crippen LogP contribution in [0.2, 0.25) is 0 Å². The smallest absolute Gasteiger partial charge is 0.224 e. The van der Waals surface area contributed by atoms with Crippen molar-refractivity contribution in [3.63, 3.8) is 0 Å². The van der Waals surface area contributed by atoms with Gasteiger partial charge in [0.2, 0.25) is 5.91 Å². The highest BCUT2D eigenvalue weighted by atomic mass is 79.9. The Bertz CT molecular complexity index is 1060. The second-order valence-electron chi connectivity index (χ2n) is 9.20. The van der Waals surface area contributed by atoms with Crippen LogP contribution in [0.4, 0.5) is 5.82 Å². The van der Waals surface area contributed by atoms with Crippen LogP contribution < -0.4 is 10.2 Å². The van der Waals surface area contributed by atoms with Crippen molar-refractivity contribution in [2.24, 2.45) is 11.8 Å². The first kappa shape index (κ1) is 25.2. The molecule has 1 fully saturated rings. The lowest BCUT2D eigenvalue weighted by Crippen LogP contribution is -2.32. The Kier molecular flexibility index (Phi) is 9.24. The van der Waals surface area contributed by atoms with Crippen LogP contribution in [0.15, 0.2) is 53.0 Å². The number of nitrogens with zero attached hydrogens (tertiary/aromatic N) is 3. The third-order valence-electron chi connectivity index (χ3n) is 6.15. The first-order valence-corrected chi connectivity index (χ1v) is 12.5. The fourth-order valence-electron chi connectivity index (χ4n) is 4.18. The van der Waals surface area contributed by atoms with E-state index in [1.54, 1.807) is 0 Å². The molecule has 0 bridgehead atoms. The predicted molar refractivity (Wildman–Crippen MR) is 141 cm³/mol. The number of nitrogens with one attached hydrogen (secondary N) is 1. The molecule has 1 aliphatic carbocycles. The summed E-state index contributed by atoms with van der Waals surface area (Å²) in [5.74, 6) is 3.47. The van der Waals surface area contributed by atoms with E-state index in [0.29, 0.717) is 12.3 Å². The minimum Gasteiger partial charge on any atom is -0.362 e. The summed E-state index contributed by atoms with van der Waals surface area (Å²) < 4.78 is 1.01. The van der Waals surface area contributed by atoms with Crippen molar-refractivity contribution in [1.29, 1.82) is 0 Å². The van der Waals surface area contributed by atoms with Gasteiger partial charge in [0.1, 0.15) is 11.6 Å². The summed E-state index contributed by atoms with van der Waals surface area (Å²) in [5, 5.41) is 4.18. The molecule has 1 saturated carbocycles. The normalized spacial score (nSPS) is 17.7. The second-order valence-corrected chi connectivity index (χ2v) is 10.1. The van der Waals surface area contributed by atoms with E-state index in [-0.39, 0.29) is 5.91 Å². The lowest BCUT2D eigenvalue weighted by Gasteiger charge is -2.26. The summed E-state index contributed by atoms with van der Waals surface area (Å²) in [7, 11) is 3.99. The first-order chi connectivity index (χ1) is 15.8. The fourth-order valence-corrected chi connectivity index (χ4v) is 4.61. The molecule has 0 unspecified atom stereocenters. The lowest BCUT2D eigenvalue weighted by atomic mass is 9.83. The molecule has 4 rings (SSSR count). The number of para-hydroxylation sites is 1. The van der Waals surface area contributed by atoms with Crippen molar-refractivity contribution in [3.8, 4) is 0 Å². The largest absolute Gasteiger partial charge is 0.362 e. The summed E-state index contributed by atoms with van der Waals surface area (Å²) in [6.45, 7) is 5.08. The number of hydrogen-bond donors (Lipinski definition) is 1. The van der Waals surface area contributed by atoms with Crippen LogP contribution in [-0.2, 0) is 11.2 Å². The highest BCUT2D eigenvalue weighted by molar-refractivity contribution is 9.10. The number of aryl methyl sites for hydroxylation is 1. The van der Waals surface area contributed by atoms with Gasteiger partial charge in [-0.05, 0) is 55.4 Å². The molecule has 0 saturated heterocycles. The molecule has 1 N–H and O–H groups in total. The molecule has 5 nitrogen and oxygen atoms in total. The van der Waals surface area contributed by atoms with Crippen molar-refractivity contribution in [3.05, 3.63) is 64.4 Å². The Balaban J connectivity index is 0.000000194.